The first kappa shape index (κ1) is 8.52. The van der Waals surface area contributed by atoms with Gasteiger partial charge in [0, 0.05) is 18.2 Å². The van der Waals surface area contributed by atoms with Crippen molar-refractivity contribution < 1.29 is 4.74 Å². The van der Waals surface area contributed by atoms with Crippen LogP contribution >= 0.6 is 0 Å². The van der Waals surface area contributed by atoms with Crippen LogP contribution < -0.4 is 5.32 Å². The maximum atomic E-state index is 5.35. The first-order valence-corrected chi connectivity index (χ1v) is 5.14. The van der Waals surface area contributed by atoms with Gasteiger partial charge in [-0.3, -0.25) is 0 Å². The van der Waals surface area contributed by atoms with Crippen LogP contribution in [0.2, 0.25) is 0 Å². The SMILES string of the molecule is CC1(NC2CCOC2)CCCC1. The van der Waals surface area contributed by atoms with Crippen LogP contribution in [0.4, 0.5) is 0 Å². The molecule has 2 rings (SSSR count). The van der Waals surface area contributed by atoms with Crippen LogP contribution in [-0.4, -0.2) is 24.8 Å². The molecule has 0 radical (unpaired) electrons. The van der Waals surface area contributed by atoms with Gasteiger partial charge in [-0.1, -0.05) is 12.8 Å². The molecule has 2 fully saturated rings. The maximum Gasteiger partial charge on any atom is 0.0620 e. The third kappa shape index (κ3) is 1.80. The van der Waals surface area contributed by atoms with Gasteiger partial charge >= 0.3 is 0 Å². The highest BCUT2D eigenvalue weighted by atomic mass is 16.5. The molecule has 2 heteroatoms. The zero-order valence-electron chi connectivity index (χ0n) is 7.94. The summed E-state index contributed by atoms with van der Waals surface area (Å²) in [5, 5.41) is 3.73. The molecule has 0 aromatic rings. The molecule has 1 N–H and O–H groups in total. The van der Waals surface area contributed by atoms with Crippen LogP contribution in [0.15, 0.2) is 0 Å². The van der Waals surface area contributed by atoms with Crippen molar-refractivity contribution >= 4 is 0 Å². The molecule has 1 atom stereocenters. The lowest BCUT2D eigenvalue weighted by atomic mass is 9.99. The van der Waals surface area contributed by atoms with E-state index in [1.807, 2.05) is 0 Å². The Morgan fingerprint density at radius 1 is 1.33 bits per heavy atom. The summed E-state index contributed by atoms with van der Waals surface area (Å²) in [6, 6.07) is 0.632. The van der Waals surface area contributed by atoms with Gasteiger partial charge in [0.1, 0.15) is 0 Å². The van der Waals surface area contributed by atoms with Crippen LogP contribution in [0.3, 0.4) is 0 Å². The van der Waals surface area contributed by atoms with Gasteiger partial charge in [-0.15, -0.1) is 0 Å². The minimum absolute atomic E-state index is 0.429. The second kappa shape index (κ2) is 3.35. The summed E-state index contributed by atoms with van der Waals surface area (Å²) in [6.07, 6.45) is 6.71. The fraction of sp³-hybridized carbons (Fsp3) is 1.00. The van der Waals surface area contributed by atoms with Gasteiger partial charge < -0.3 is 10.1 Å². The average molecular weight is 169 g/mol. The topological polar surface area (TPSA) is 21.3 Å². The van der Waals surface area contributed by atoms with Gasteiger partial charge in [-0.05, 0) is 26.2 Å². The largest absolute Gasteiger partial charge is 0.380 e. The van der Waals surface area contributed by atoms with E-state index in [0.29, 0.717) is 11.6 Å². The third-order valence-corrected chi connectivity index (χ3v) is 3.19. The summed E-state index contributed by atoms with van der Waals surface area (Å²) in [6.45, 7) is 4.24. The van der Waals surface area contributed by atoms with Crippen molar-refractivity contribution in [1.29, 1.82) is 0 Å². The molecule has 0 amide bonds. The van der Waals surface area contributed by atoms with Gasteiger partial charge in [-0.25, -0.2) is 0 Å². The van der Waals surface area contributed by atoms with E-state index in [4.69, 9.17) is 4.74 Å². The van der Waals surface area contributed by atoms with E-state index in [-0.39, 0.29) is 0 Å². The van der Waals surface area contributed by atoms with Crippen LogP contribution in [0.1, 0.15) is 39.0 Å². The molecular weight excluding hydrogens is 150 g/mol. The maximum absolute atomic E-state index is 5.35. The molecule has 2 nitrogen and oxygen atoms in total. The van der Waals surface area contributed by atoms with E-state index < -0.39 is 0 Å². The van der Waals surface area contributed by atoms with Gasteiger partial charge in [0.25, 0.3) is 0 Å². The van der Waals surface area contributed by atoms with Crippen LogP contribution in [-0.2, 0) is 4.74 Å². The van der Waals surface area contributed by atoms with E-state index in [2.05, 4.69) is 12.2 Å². The number of hydrogen-bond acceptors (Lipinski definition) is 2. The monoisotopic (exact) mass is 169 g/mol. The first-order valence-electron chi connectivity index (χ1n) is 5.14. The normalized spacial score (nSPS) is 34.2. The zero-order chi connectivity index (χ0) is 8.44. The van der Waals surface area contributed by atoms with E-state index in [9.17, 15) is 0 Å². The summed E-state index contributed by atoms with van der Waals surface area (Å²) in [4.78, 5) is 0. The molecule has 1 unspecified atom stereocenters. The molecule has 1 saturated carbocycles. The Labute approximate surface area is 74.7 Å². The minimum Gasteiger partial charge on any atom is -0.380 e. The van der Waals surface area contributed by atoms with Crippen molar-refractivity contribution in [2.24, 2.45) is 0 Å². The summed E-state index contributed by atoms with van der Waals surface area (Å²) < 4.78 is 5.35. The van der Waals surface area contributed by atoms with E-state index in [0.717, 1.165) is 13.2 Å². The van der Waals surface area contributed by atoms with Gasteiger partial charge in [0.2, 0.25) is 0 Å². The first-order chi connectivity index (χ1) is 5.79. The van der Waals surface area contributed by atoms with Gasteiger partial charge in [-0.2, -0.15) is 0 Å². The highest BCUT2D eigenvalue weighted by Gasteiger charge is 2.31. The van der Waals surface area contributed by atoms with Gasteiger partial charge in [0.05, 0.1) is 6.61 Å². The molecule has 2 aliphatic rings. The standard InChI is InChI=1S/C10H19NO/c1-10(5-2-3-6-10)11-9-4-7-12-8-9/h9,11H,2-8H2,1H3. The fourth-order valence-corrected chi connectivity index (χ4v) is 2.44. The second-order valence-corrected chi connectivity index (χ2v) is 4.47. The lowest BCUT2D eigenvalue weighted by Crippen LogP contribution is -2.46. The summed E-state index contributed by atoms with van der Waals surface area (Å²) in [7, 11) is 0. The molecule has 12 heavy (non-hydrogen) atoms. The number of rotatable bonds is 2. The predicted octanol–water partition coefficient (Wildman–Crippen LogP) is 1.70. The Morgan fingerprint density at radius 2 is 2.08 bits per heavy atom. The van der Waals surface area contributed by atoms with Crippen LogP contribution in [0.25, 0.3) is 0 Å². The van der Waals surface area contributed by atoms with Crippen LogP contribution in [0.5, 0.6) is 0 Å². The third-order valence-electron chi connectivity index (χ3n) is 3.19. The van der Waals surface area contributed by atoms with Crippen molar-refractivity contribution in [2.75, 3.05) is 13.2 Å². The van der Waals surface area contributed by atoms with Crippen molar-refractivity contribution in [1.82, 2.24) is 5.32 Å². The number of ether oxygens (including phenoxy) is 1. The Kier molecular flexibility index (Phi) is 2.37. The van der Waals surface area contributed by atoms with E-state index in [1.165, 1.54) is 32.1 Å². The Bertz CT molecular complexity index is 146. The Hall–Kier alpha value is -0.0800. The smallest absolute Gasteiger partial charge is 0.0620 e. The fourth-order valence-electron chi connectivity index (χ4n) is 2.44. The van der Waals surface area contributed by atoms with Crippen molar-refractivity contribution in [3.05, 3.63) is 0 Å². The molecule has 0 bridgehead atoms. The molecule has 0 aromatic carbocycles. The number of nitrogens with one attached hydrogen (secondary N) is 1. The summed E-state index contributed by atoms with van der Waals surface area (Å²) >= 11 is 0. The molecular formula is C10H19NO. The molecule has 1 saturated heterocycles. The van der Waals surface area contributed by atoms with Crippen LogP contribution in [0, 0.1) is 0 Å². The van der Waals surface area contributed by atoms with Crippen molar-refractivity contribution in [2.45, 2.75) is 50.6 Å². The van der Waals surface area contributed by atoms with Crippen molar-refractivity contribution in [3.8, 4) is 0 Å². The van der Waals surface area contributed by atoms with E-state index in [1.54, 1.807) is 0 Å². The molecule has 1 aliphatic heterocycles. The summed E-state index contributed by atoms with van der Waals surface area (Å²) in [5.41, 5.74) is 0.429. The quantitative estimate of drug-likeness (QED) is 0.679. The minimum atomic E-state index is 0.429. The van der Waals surface area contributed by atoms with E-state index >= 15 is 0 Å². The Morgan fingerprint density at radius 3 is 2.67 bits per heavy atom. The predicted molar refractivity (Wildman–Crippen MR) is 49.2 cm³/mol. The lowest BCUT2D eigenvalue weighted by molar-refractivity contribution is 0.182. The highest BCUT2D eigenvalue weighted by Crippen LogP contribution is 2.30. The lowest BCUT2D eigenvalue weighted by Gasteiger charge is -2.28. The molecule has 1 heterocycles. The van der Waals surface area contributed by atoms with Crippen molar-refractivity contribution in [3.63, 3.8) is 0 Å². The molecule has 0 aromatic heterocycles. The molecule has 0 spiro atoms. The molecule has 1 aliphatic carbocycles. The Balaban J connectivity index is 1.83. The molecule has 70 valence electrons. The zero-order valence-corrected chi connectivity index (χ0v) is 7.94. The highest BCUT2D eigenvalue weighted by molar-refractivity contribution is 4.91. The number of hydrogen-bond donors (Lipinski definition) is 1. The second-order valence-electron chi connectivity index (χ2n) is 4.47. The summed E-state index contributed by atoms with van der Waals surface area (Å²) in [5.74, 6) is 0. The average Bonchev–Trinajstić information content (AvgIpc) is 2.62. The van der Waals surface area contributed by atoms with Gasteiger partial charge in [0.15, 0.2) is 0 Å².